The summed E-state index contributed by atoms with van der Waals surface area (Å²) in [6.45, 7) is 3.48. The lowest BCUT2D eigenvalue weighted by Gasteiger charge is -2.24. The molecule has 18 heavy (non-hydrogen) atoms. The molecule has 1 aromatic carbocycles. The van der Waals surface area contributed by atoms with Gasteiger partial charge in [0.15, 0.2) is 0 Å². The van der Waals surface area contributed by atoms with Crippen LogP contribution in [0.15, 0.2) is 24.3 Å². The van der Waals surface area contributed by atoms with Gasteiger partial charge in [-0.15, -0.1) is 0 Å². The van der Waals surface area contributed by atoms with Crippen LogP contribution in [0.3, 0.4) is 0 Å². The van der Waals surface area contributed by atoms with Gasteiger partial charge in [0.25, 0.3) is 0 Å². The predicted molar refractivity (Wildman–Crippen MR) is 75.3 cm³/mol. The minimum Gasteiger partial charge on any atom is -0.497 e. The van der Waals surface area contributed by atoms with Gasteiger partial charge in [0.2, 0.25) is 0 Å². The molecule has 0 radical (unpaired) electrons. The van der Waals surface area contributed by atoms with Gasteiger partial charge in [0, 0.05) is 19.0 Å². The normalized spacial score (nSPS) is 22.1. The fourth-order valence-electron chi connectivity index (χ4n) is 2.93. The lowest BCUT2D eigenvalue weighted by molar-refractivity contribution is 0.365. The van der Waals surface area contributed by atoms with Gasteiger partial charge in [0.1, 0.15) is 5.75 Å². The summed E-state index contributed by atoms with van der Waals surface area (Å²) in [5, 5.41) is 3.34. The number of nitrogens with one attached hydrogen (secondary N) is 1. The van der Waals surface area contributed by atoms with E-state index in [0.717, 1.165) is 18.2 Å². The summed E-state index contributed by atoms with van der Waals surface area (Å²) in [6.07, 6.45) is 1.30. The molecule has 2 unspecified atom stereocenters. The van der Waals surface area contributed by atoms with Gasteiger partial charge < -0.3 is 15.0 Å². The van der Waals surface area contributed by atoms with Crippen LogP contribution in [0.1, 0.15) is 17.9 Å². The smallest absolute Gasteiger partial charge is 0.118 e. The molecule has 1 saturated heterocycles. The molecule has 3 heteroatoms. The van der Waals surface area contributed by atoms with Crippen molar-refractivity contribution in [1.82, 2.24) is 10.2 Å². The maximum atomic E-state index is 5.23. The quantitative estimate of drug-likeness (QED) is 0.862. The highest BCUT2D eigenvalue weighted by molar-refractivity contribution is 5.30. The third-order valence-corrected chi connectivity index (χ3v) is 3.96. The number of benzene rings is 1. The van der Waals surface area contributed by atoms with Crippen LogP contribution in [0.2, 0.25) is 0 Å². The molecule has 0 aromatic heterocycles. The second-order valence-corrected chi connectivity index (χ2v) is 5.25. The number of hydrogen-bond acceptors (Lipinski definition) is 3. The lowest BCUT2D eigenvalue weighted by Crippen LogP contribution is -2.26. The molecule has 1 fully saturated rings. The Kier molecular flexibility index (Phi) is 4.61. The van der Waals surface area contributed by atoms with Crippen LogP contribution in [0.25, 0.3) is 0 Å². The zero-order valence-electron chi connectivity index (χ0n) is 11.6. The number of likely N-dealkylation sites (N-methyl/N-ethyl adjacent to an activating group) is 1. The zero-order chi connectivity index (χ0) is 13.0. The Balaban J connectivity index is 2.12. The highest BCUT2D eigenvalue weighted by Crippen LogP contribution is 2.31. The van der Waals surface area contributed by atoms with Gasteiger partial charge >= 0.3 is 0 Å². The van der Waals surface area contributed by atoms with Gasteiger partial charge in [-0.25, -0.2) is 0 Å². The van der Waals surface area contributed by atoms with E-state index >= 15 is 0 Å². The van der Waals surface area contributed by atoms with Gasteiger partial charge in [-0.05, 0) is 50.7 Å². The van der Waals surface area contributed by atoms with Crippen molar-refractivity contribution in [3.05, 3.63) is 29.8 Å². The Morgan fingerprint density at radius 1 is 1.39 bits per heavy atom. The van der Waals surface area contributed by atoms with Crippen molar-refractivity contribution in [2.45, 2.75) is 12.3 Å². The first-order valence-electron chi connectivity index (χ1n) is 6.71. The molecule has 0 amide bonds. The third kappa shape index (κ3) is 3.03. The topological polar surface area (TPSA) is 24.5 Å². The Hall–Kier alpha value is -1.06. The van der Waals surface area contributed by atoms with Crippen molar-refractivity contribution < 1.29 is 4.74 Å². The first-order valence-corrected chi connectivity index (χ1v) is 6.71. The van der Waals surface area contributed by atoms with E-state index in [2.05, 4.69) is 41.5 Å². The molecule has 0 aliphatic carbocycles. The van der Waals surface area contributed by atoms with E-state index in [1.165, 1.54) is 25.1 Å². The van der Waals surface area contributed by atoms with Crippen molar-refractivity contribution in [3.63, 3.8) is 0 Å². The summed E-state index contributed by atoms with van der Waals surface area (Å²) in [5.74, 6) is 2.30. The first-order chi connectivity index (χ1) is 8.74. The summed E-state index contributed by atoms with van der Waals surface area (Å²) < 4.78 is 5.23. The molecule has 1 aromatic rings. The summed E-state index contributed by atoms with van der Waals surface area (Å²) in [4.78, 5) is 2.43. The number of nitrogens with zero attached hydrogens (tertiary/aromatic N) is 1. The molecule has 1 N–H and O–H groups in total. The molecule has 0 bridgehead atoms. The van der Waals surface area contributed by atoms with E-state index in [-0.39, 0.29) is 0 Å². The average Bonchev–Trinajstić information content (AvgIpc) is 2.82. The molecule has 100 valence electrons. The molecule has 1 aliphatic rings. The number of hydrogen-bond donors (Lipinski definition) is 1. The van der Waals surface area contributed by atoms with E-state index in [9.17, 15) is 0 Å². The largest absolute Gasteiger partial charge is 0.497 e. The number of methoxy groups -OCH3 is 1. The van der Waals surface area contributed by atoms with Gasteiger partial charge in [-0.1, -0.05) is 12.1 Å². The Labute approximate surface area is 110 Å². The molecule has 2 rings (SSSR count). The Bertz CT molecular complexity index is 363. The molecular weight excluding hydrogens is 224 g/mol. The fourth-order valence-corrected chi connectivity index (χ4v) is 2.93. The van der Waals surface area contributed by atoms with Crippen LogP contribution < -0.4 is 10.1 Å². The minimum atomic E-state index is 0.603. The standard InChI is InChI=1S/C15H24N2O/c1-16-10-15(13-8-9-17(2)11-13)12-4-6-14(18-3)7-5-12/h4-7,13,15-16H,8-11H2,1-3H3. The van der Waals surface area contributed by atoms with Gasteiger partial charge in [-0.3, -0.25) is 0 Å². The van der Waals surface area contributed by atoms with E-state index in [4.69, 9.17) is 4.74 Å². The van der Waals surface area contributed by atoms with Gasteiger partial charge in [0.05, 0.1) is 7.11 Å². The third-order valence-electron chi connectivity index (χ3n) is 3.96. The van der Waals surface area contributed by atoms with Crippen molar-refractivity contribution in [2.75, 3.05) is 40.8 Å². The highest BCUT2D eigenvalue weighted by Gasteiger charge is 2.28. The van der Waals surface area contributed by atoms with Crippen LogP contribution >= 0.6 is 0 Å². The SMILES string of the molecule is CNCC(c1ccc(OC)cc1)C1CCN(C)C1. The molecule has 2 atom stereocenters. The van der Waals surface area contributed by atoms with Crippen LogP contribution in [0.5, 0.6) is 5.75 Å². The maximum Gasteiger partial charge on any atom is 0.118 e. The summed E-state index contributed by atoms with van der Waals surface area (Å²) in [6, 6.07) is 8.55. The van der Waals surface area contributed by atoms with E-state index < -0.39 is 0 Å². The summed E-state index contributed by atoms with van der Waals surface area (Å²) in [7, 11) is 5.96. The predicted octanol–water partition coefficient (Wildman–Crippen LogP) is 1.95. The molecule has 1 heterocycles. The molecule has 3 nitrogen and oxygen atoms in total. The molecule has 1 aliphatic heterocycles. The van der Waals surface area contributed by atoms with Crippen molar-refractivity contribution >= 4 is 0 Å². The Morgan fingerprint density at radius 2 is 2.11 bits per heavy atom. The zero-order valence-corrected chi connectivity index (χ0v) is 11.6. The van der Waals surface area contributed by atoms with E-state index in [1.54, 1.807) is 7.11 Å². The van der Waals surface area contributed by atoms with Crippen molar-refractivity contribution in [3.8, 4) is 5.75 Å². The molecule has 0 saturated carbocycles. The van der Waals surface area contributed by atoms with E-state index in [1.807, 2.05) is 7.05 Å². The first kappa shape index (κ1) is 13.4. The minimum absolute atomic E-state index is 0.603. The molecular formula is C15H24N2O. The maximum absolute atomic E-state index is 5.23. The van der Waals surface area contributed by atoms with Crippen LogP contribution in [0.4, 0.5) is 0 Å². The summed E-state index contributed by atoms with van der Waals surface area (Å²) >= 11 is 0. The summed E-state index contributed by atoms with van der Waals surface area (Å²) in [5.41, 5.74) is 1.42. The number of ether oxygens (including phenoxy) is 1. The number of likely N-dealkylation sites (tertiary alicyclic amines) is 1. The van der Waals surface area contributed by atoms with Crippen molar-refractivity contribution in [1.29, 1.82) is 0 Å². The second-order valence-electron chi connectivity index (χ2n) is 5.25. The van der Waals surface area contributed by atoms with Crippen LogP contribution in [-0.4, -0.2) is 45.7 Å². The molecule has 0 spiro atoms. The highest BCUT2D eigenvalue weighted by atomic mass is 16.5. The Morgan fingerprint density at radius 3 is 2.61 bits per heavy atom. The second kappa shape index (κ2) is 6.21. The fraction of sp³-hybridized carbons (Fsp3) is 0.600. The lowest BCUT2D eigenvalue weighted by atomic mass is 9.85. The monoisotopic (exact) mass is 248 g/mol. The van der Waals surface area contributed by atoms with E-state index in [0.29, 0.717) is 5.92 Å². The average molecular weight is 248 g/mol. The van der Waals surface area contributed by atoms with Crippen LogP contribution in [0, 0.1) is 5.92 Å². The van der Waals surface area contributed by atoms with Crippen LogP contribution in [-0.2, 0) is 0 Å². The van der Waals surface area contributed by atoms with Gasteiger partial charge in [-0.2, -0.15) is 0 Å². The number of rotatable bonds is 5. The van der Waals surface area contributed by atoms with Crippen molar-refractivity contribution in [2.24, 2.45) is 5.92 Å².